The number of aryl methyl sites for hydroxylation is 1. The fourth-order valence-electron chi connectivity index (χ4n) is 4.06. The number of carbonyl (C=O) groups excluding carboxylic acids is 1. The lowest BCUT2D eigenvalue weighted by atomic mass is 9.87. The first-order valence-electron chi connectivity index (χ1n) is 9.21. The molecule has 1 spiro atoms. The molecule has 7 heteroatoms. The first kappa shape index (κ1) is 17.7. The highest BCUT2D eigenvalue weighted by Crippen LogP contribution is 2.34. The van der Waals surface area contributed by atoms with Crippen LogP contribution in [0.4, 0.5) is 0 Å². The van der Waals surface area contributed by atoms with Crippen LogP contribution in [0.2, 0.25) is 0 Å². The van der Waals surface area contributed by atoms with Gasteiger partial charge in [-0.2, -0.15) is 5.10 Å². The Bertz CT molecular complexity index is 745. The second kappa shape index (κ2) is 7.50. The second-order valence-electron chi connectivity index (χ2n) is 7.57. The van der Waals surface area contributed by atoms with Gasteiger partial charge < -0.3 is 9.64 Å². The monoisotopic (exact) mass is 374 g/mol. The first-order valence-corrected chi connectivity index (χ1v) is 10.1. The van der Waals surface area contributed by atoms with Gasteiger partial charge in [0.15, 0.2) is 0 Å². The Morgan fingerprint density at radius 1 is 1.35 bits per heavy atom. The highest BCUT2D eigenvalue weighted by atomic mass is 32.1. The molecule has 1 amide bonds. The van der Waals surface area contributed by atoms with Crippen LogP contribution in [0.25, 0.3) is 0 Å². The van der Waals surface area contributed by atoms with Crippen molar-refractivity contribution < 1.29 is 9.53 Å². The zero-order chi connectivity index (χ0) is 18.0. The molecule has 0 bridgehead atoms. The van der Waals surface area contributed by atoms with Crippen molar-refractivity contribution in [1.29, 1.82) is 0 Å². The number of likely N-dealkylation sites (tertiary alicyclic amines) is 1. The fraction of sp³-hybridized carbons (Fsp3) is 0.579. The van der Waals surface area contributed by atoms with Crippen molar-refractivity contribution in [2.45, 2.75) is 19.4 Å². The summed E-state index contributed by atoms with van der Waals surface area (Å²) in [5, 5.41) is 6.48. The summed E-state index contributed by atoms with van der Waals surface area (Å²) in [7, 11) is 1.88. The third-order valence-corrected chi connectivity index (χ3v) is 6.23. The van der Waals surface area contributed by atoms with E-state index in [1.807, 2.05) is 35.5 Å². The van der Waals surface area contributed by atoms with Crippen molar-refractivity contribution >= 4 is 17.2 Å². The van der Waals surface area contributed by atoms with Crippen molar-refractivity contribution in [3.05, 3.63) is 40.3 Å². The maximum absolute atomic E-state index is 12.8. The van der Waals surface area contributed by atoms with Crippen LogP contribution in [0.5, 0.6) is 0 Å². The van der Waals surface area contributed by atoms with Crippen LogP contribution < -0.4 is 0 Å². The second-order valence-corrected chi connectivity index (χ2v) is 8.60. The summed E-state index contributed by atoms with van der Waals surface area (Å²) in [6.45, 7) is 5.92. The van der Waals surface area contributed by atoms with Gasteiger partial charge in [-0.1, -0.05) is 6.07 Å². The zero-order valence-electron chi connectivity index (χ0n) is 15.3. The molecule has 4 heterocycles. The van der Waals surface area contributed by atoms with Gasteiger partial charge in [-0.25, -0.2) is 0 Å². The molecule has 0 saturated carbocycles. The number of amides is 1. The van der Waals surface area contributed by atoms with E-state index in [-0.39, 0.29) is 11.3 Å². The number of ether oxygens (including phenoxy) is 1. The maximum Gasteiger partial charge on any atom is 0.228 e. The SMILES string of the molecule is Cn1ccc(CC(=O)N2CCOCC3(CCN(Cc4cccs4)C3)C2)n1. The molecule has 0 N–H and O–H groups in total. The van der Waals surface area contributed by atoms with E-state index < -0.39 is 0 Å². The first-order chi connectivity index (χ1) is 12.6. The summed E-state index contributed by atoms with van der Waals surface area (Å²) in [5.41, 5.74) is 0.899. The average Bonchev–Trinajstić information content (AvgIpc) is 3.31. The van der Waals surface area contributed by atoms with Crippen molar-refractivity contribution in [1.82, 2.24) is 19.6 Å². The lowest BCUT2D eigenvalue weighted by Crippen LogP contribution is -2.43. The molecule has 2 aromatic rings. The normalized spacial score (nSPS) is 24.3. The fourth-order valence-corrected chi connectivity index (χ4v) is 4.81. The van der Waals surface area contributed by atoms with Crippen LogP contribution >= 0.6 is 11.3 Å². The molecular formula is C19H26N4O2S. The summed E-state index contributed by atoms with van der Waals surface area (Å²) in [6, 6.07) is 6.22. The van der Waals surface area contributed by atoms with E-state index in [2.05, 4.69) is 27.5 Å². The topological polar surface area (TPSA) is 50.6 Å². The molecule has 2 aromatic heterocycles. The molecule has 2 aliphatic heterocycles. The minimum Gasteiger partial charge on any atom is -0.379 e. The predicted molar refractivity (Wildman–Crippen MR) is 101 cm³/mol. The number of carbonyl (C=O) groups is 1. The van der Waals surface area contributed by atoms with Crippen molar-refractivity contribution in [2.24, 2.45) is 12.5 Å². The smallest absolute Gasteiger partial charge is 0.228 e. The van der Waals surface area contributed by atoms with Gasteiger partial charge in [0.25, 0.3) is 0 Å². The lowest BCUT2D eigenvalue weighted by molar-refractivity contribution is -0.131. The molecule has 2 aliphatic rings. The summed E-state index contributed by atoms with van der Waals surface area (Å²) < 4.78 is 7.66. The van der Waals surface area contributed by atoms with Crippen molar-refractivity contribution in [2.75, 3.05) is 39.4 Å². The Morgan fingerprint density at radius 2 is 2.27 bits per heavy atom. The van der Waals surface area contributed by atoms with Crippen LogP contribution in [0.3, 0.4) is 0 Å². The Hall–Kier alpha value is -1.70. The molecular weight excluding hydrogens is 348 g/mol. The Balaban J connectivity index is 1.40. The molecule has 4 rings (SSSR count). The number of aromatic nitrogens is 2. The zero-order valence-corrected chi connectivity index (χ0v) is 16.1. The van der Waals surface area contributed by atoms with Gasteiger partial charge in [0.1, 0.15) is 0 Å². The van der Waals surface area contributed by atoms with E-state index in [0.29, 0.717) is 19.6 Å². The molecule has 140 valence electrons. The van der Waals surface area contributed by atoms with Gasteiger partial charge in [-0.15, -0.1) is 11.3 Å². The maximum atomic E-state index is 12.8. The predicted octanol–water partition coefficient (Wildman–Crippen LogP) is 1.78. The van der Waals surface area contributed by atoms with Crippen molar-refractivity contribution in [3.8, 4) is 0 Å². The molecule has 1 atom stereocenters. The van der Waals surface area contributed by atoms with Gasteiger partial charge >= 0.3 is 0 Å². The van der Waals surface area contributed by atoms with Gasteiger partial charge in [0.2, 0.25) is 5.91 Å². The Labute approximate surface area is 158 Å². The highest BCUT2D eigenvalue weighted by molar-refractivity contribution is 7.09. The average molecular weight is 375 g/mol. The Morgan fingerprint density at radius 3 is 3.04 bits per heavy atom. The molecule has 0 aliphatic carbocycles. The van der Waals surface area contributed by atoms with E-state index in [9.17, 15) is 4.79 Å². The largest absolute Gasteiger partial charge is 0.379 e. The molecule has 0 aromatic carbocycles. The van der Waals surface area contributed by atoms with E-state index in [1.165, 1.54) is 4.88 Å². The lowest BCUT2D eigenvalue weighted by Gasteiger charge is -2.32. The van der Waals surface area contributed by atoms with Gasteiger partial charge in [-0.3, -0.25) is 14.4 Å². The number of hydrogen-bond donors (Lipinski definition) is 0. The number of nitrogens with zero attached hydrogens (tertiary/aromatic N) is 4. The van der Waals surface area contributed by atoms with E-state index in [0.717, 1.165) is 44.9 Å². The molecule has 2 saturated heterocycles. The summed E-state index contributed by atoms with van der Waals surface area (Å²) >= 11 is 1.81. The Kier molecular flexibility index (Phi) is 5.11. The molecule has 26 heavy (non-hydrogen) atoms. The van der Waals surface area contributed by atoms with Crippen LogP contribution in [0.1, 0.15) is 17.0 Å². The van der Waals surface area contributed by atoms with Crippen LogP contribution in [-0.4, -0.2) is 64.9 Å². The summed E-state index contributed by atoms with van der Waals surface area (Å²) in [4.78, 5) is 18.7. The summed E-state index contributed by atoms with van der Waals surface area (Å²) in [6.07, 6.45) is 3.34. The third-order valence-electron chi connectivity index (χ3n) is 5.37. The molecule has 6 nitrogen and oxygen atoms in total. The molecule has 0 radical (unpaired) electrons. The third kappa shape index (κ3) is 4.00. The van der Waals surface area contributed by atoms with E-state index >= 15 is 0 Å². The minimum atomic E-state index is 0.0630. The summed E-state index contributed by atoms with van der Waals surface area (Å²) in [5.74, 6) is 0.158. The number of thiophene rings is 1. The van der Waals surface area contributed by atoms with Gasteiger partial charge in [0.05, 0.1) is 25.3 Å². The number of rotatable bonds is 4. The standard InChI is InChI=1S/C19H26N4O2S/c1-21-6-4-16(20-21)11-18(24)23-8-9-25-15-19(14-23)5-7-22(13-19)12-17-3-2-10-26-17/h2-4,6,10H,5,7-9,11-15H2,1H3. The quantitative estimate of drug-likeness (QED) is 0.819. The van der Waals surface area contributed by atoms with Crippen LogP contribution in [-0.2, 0) is 29.5 Å². The van der Waals surface area contributed by atoms with Gasteiger partial charge in [-0.05, 0) is 30.5 Å². The number of hydrogen-bond acceptors (Lipinski definition) is 5. The molecule has 2 fully saturated rings. The van der Waals surface area contributed by atoms with Crippen molar-refractivity contribution in [3.63, 3.8) is 0 Å². The van der Waals surface area contributed by atoms with E-state index in [4.69, 9.17) is 4.74 Å². The minimum absolute atomic E-state index is 0.0630. The van der Waals surface area contributed by atoms with Crippen LogP contribution in [0.15, 0.2) is 29.8 Å². The van der Waals surface area contributed by atoms with Gasteiger partial charge in [0, 0.05) is 49.7 Å². The van der Waals surface area contributed by atoms with Crippen LogP contribution in [0, 0.1) is 5.41 Å². The molecule has 1 unspecified atom stereocenters. The van der Waals surface area contributed by atoms with E-state index in [1.54, 1.807) is 4.68 Å². The highest BCUT2D eigenvalue weighted by Gasteiger charge is 2.42.